The lowest BCUT2D eigenvalue weighted by Crippen LogP contribution is -2.23. The Morgan fingerprint density at radius 2 is 1.77 bits per heavy atom. The van der Waals surface area contributed by atoms with Crippen molar-refractivity contribution in [3.05, 3.63) is 66.7 Å². The van der Waals surface area contributed by atoms with Crippen molar-refractivity contribution in [2.24, 2.45) is 0 Å². The van der Waals surface area contributed by atoms with Crippen molar-refractivity contribution in [2.45, 2.75) is 13.8 Å². The van der Waals surface area contributed by atoms with Crippen LogP contribution in [0.2, 0.25) is 0 Å². The largest absolute Gasteiger partial charge is 0.492 e. The highest BCUT2D eigenvalue weighted by Gasteiger charge is 2.14. The van der Waals surface area contributed by atoms with Crippen LogP contribution in [0.25, 0.3) is 22.4 Å². The van der Waals surface area contributed by atoms with Gasteiger partial charge in [-0.25, -0.2) is 15.0 Å². The predicted molar refractivity (Wildman–Crippen MR) is 120 cm³/mol. The number of nitrogens with zero attached hydrogens (tertiary/aromatic N) is 5. The molecule has 3 heterocycles. The number of likely N-dealkylation sites (N-methyl/N-ethyl adjacent to an activating group) is 1. The van der Waals surface area contributed by atoms with Gasteiger partial charge in [0.2, 0.25) is 0 Å². The van der Waals surface area contributed by atoms with Crippen molar-refractivity contribution in [3.8, 4) is 28.8 Å². The molecule has 0 N–H and O–H groups in total. The van der Waals surface area contributed by atoms with Gasteiger partial charge < -0.3 is 14.4 Å². The minimum Gasteiger partial charge on any atom is -0.492 e. The van der Waals surface area contributed by atoms with Crippen molar-refractivity contribution >= 4 is 10.9 Å². The number of hydrogen-bond acceptors (Lipinski definition) is 7. The first-order valence-electron chi connectivity index (χ1n) is 10.3. The number of pyridine rings is 2. The fourth-order valence-corrected chi connectivity index (χ4v) is 3.08. The first-order valence-corrected chi connectivity index (χ1v) is 10.3. The van der Waals surface area contributed by atoms with Crippen LogP contribution in [0.5, 0.6) is 17.2 Å². The molecular weight excluding hydrogens is 390 g/mol. The molecule has 0 radical (unpaired) electrons. The minimum atomic E-state index is 0.517. The standard InChI is InChI=1S/C24H25N5O2/c1-4-29(3)14-15-30-18-7-8-20-19(16-18)21(10-13-25-20)31-22-9-6-17(2)28-23(22)24-26-11-5-12-27-24/h5-13,16H,4,14-15H2,1-3H3. The normalized spacial score (nSPS) is 11.1. The number of aromatic nitrogens is 4. The van der Waals surface area contributed by atoms with Crippen molar-refractivity contribution in [2.75, 3.05) is 26.7 Å². The van der Waals surface area contributed by atoms with E-state index in [1.54, 1.807) is 24.7 Å². The molecule has 0 atom stereocenters. The van der Waals surface area contributed by atoms with Gasteiger partial charge in [-0.1, -0.05) is 6.92 Å². The van der Waals surface area contributed by atoms with Gasteiger partial charge in [-0.05, 0) is 63.0 Å². The summed E-state index contributed by atoms with van der Waals surface area (Å²) < 4.78 is 12.2. The van der Waals surface area contributed by atoms with E-state index in [2.05, 4.69) is 38.8 Å². The third kappa shape index (κ3) is 4.95. The van der Waals surface area contributed by atoms with E-state index < -0.39 is 0 Å². The number of rotatable bonds is 8. The predicted octanol–water partition coefficient (Wildman–Crippen LogP) is 4.52. The van der Waals surface area contributed by atoms with Gasteiger partial charge in [0, 0.05) is 36.2 Å². The summed E-state index contributed by atoms with van der Waals surface area (Å²) in [6.45, 7) is 6.52. The maximum Gasteiger partial charge on any atom is 0.181 e. The van der Waals surface area contributed by atoms with E-state index in [4.69, 9.17) is 9.47 Å². The zero-order chi connectivity index (χ0) is 21.6. The lowest BCUT2D eigenvalue weighted by Gasteiger charge is -2.15. The number of aryl methyl sites for hydroxylation is 1. The van der Waals surface area contributed by atoms with E-state index in [9.17, 15) is 0 Å². The van der Waals surface area contributed by atoms with E-state index in [1.807, 2.05) is 43.3 Å². The minimum absolute atomic E-state index is 0.517. The summed E-state index contributed by atoms with van der Waals surface area (Å²) in [5.74, 6) is 2.55. The zero-order valence-corrected chi connectivity index (χ0v) is 17.9. The summed E-state index contributed by atoms with van der Waals surface area (Å²) in [5, 5.41) is 0.865. The van der Waals surface area contributed by atoms with Crippen LogP contribution >= 0.6 is 0 Å². The molecule has 0 saturated heterocycles. The molecule has 0 unspecified atom stereocenters. The van der Waals surface area contributed by atoms with Crippen LogP contribution in [0.3, 0.4) is 0 Å². The Labute approximate surface area is 181 Å². The average molecular weight is 415 g/mol. The van der Waals surface area contributed by atoms with Gasteiger partial charge >= 0.3 is 0 Å². The molecular formula is C24H25N5O2. The average Bonchev–Trinajstić information content (AvgIpc) is 2.81. The highest BCUT2D eigenvalue weighted by atomic mass is 16.5. The molecule has 0 amide bonds. The maximum atomic E-state index is 6.30. The second kappa shape index (κ2) is 9.49. The van der Waals surface area contributed by atoms with Crippen LogP contribution in [0, 0.1) is 6.92 Å². The summed E-state index contributed by atoms with van der Waals surface area (Å²) in [4.78, 5) is 19.9. The smallest absolute Gasteiger partial charge is 0.181 e. The molecule has 0 aliphatic rings. The van der Waals surface area contributed by atoms with Gasteiger partial charge in [0.25, 0.3) is 0 Å². The van der Waals surface area contributed by atoms with E-state index >= 15 is 0 Å². The fourth-order valence-electron chi connectivity index (χ4n) is 3.08. The lowest BCUT2D eigenvalue weighted by molar-refractivity contribution is 0.244. The molecule has 158 valence electrons. The zero-order valence-electron chi connectivity index (χ0n) is 17.9. The molecule has 3 aromatic heterocycles. The van der Waals surface area contributed by atoms with E-state index in [0.717, 1.165) is 35.4 Å². The summed E-state index contributed by atoms with van der Waals surface area (Å²) in [7, 11) is 2.07. The Morgan fingerprint density at radius 1 is 0.935 bits per heavy atom. The number of benzene rings is 1. The molecule has 4 aromatic rings. The Bertz CT molecular complexity index is 1170. The first-order chi connectivity index (χ1) is 15.1. The molecule has 7 nitrogen and oxygen atoms in total. The van der Waals surface area contributed by atoms with Crippen LogP contribution in [0.15, 0.2) is 61.1 Å². The number of fused-ring (bicyclic) bond motifs is 1. The highest BCUT2D eigenvalue weighted by molar-refractivity contribution is 5.86. The monoisotopic (exact) mass is 415 g/mol. The SMILES string of the molecule is CCN(C)CCOc1ccc2nccc(Oc3ccc(C)nc3-c3ncccn3)c2c1. The molecule has 0 fully saturated rings. The second-order valence-corrected chi connectivity index (χ2v) is 7.21. The summed E-state index contributed by atoms with van der Waals surface area (Å²) >= 11 is 0. The summed E-state index contributed by atoms with van der Waals surface area (Å²) in [6, 6.07) is 13.2. The number of ether oxygens (including phenoxy) is 2. The van der Waals surface area contributed by atoms with Gasteiger partial charge in [-0.3, -0.25) is 4.98 Å². The fraction of sp³-hybridized carbons (Fsp3) is 0.250. The van der Waals surface area contributed by atoms with Gasteiger partial charge in [0.1, 0.15) is 18.1 Å². The van der Waals surface area contributed by atoms with Crippen LogP contribution in [-0.2, 0) is 0 Å². The second-order valence-electron chi connectivity index (χ2n) is 7.21. The topological polar surface area (TPSA) is 73.3 Å². The first kappa shape index (κ1) is 20.7. The van der Waals surface area contributed by atoms with Gasteiger partial charge in [-0.15, -0.1) is 0 Å². The summed E-state index contributed by atoms with van der Waals surface area (Å²) in [6.07, 6.45) is 5.11. The van der Waals surface area contributed by atoms with Crippen LogP contribution in [0.4, 0.5) is 0 Å². The van der Waals surface area contributed by atoms with Crippen molar-refractivity contribution in [3.63, 3.8) is 0 Å². The summed E-state index contributed by atoms with van der Waals surface area (Å²) in [5.41, 5.74) is 2.29. The molecule has 1 aromatic carbocycles. The van der Waals surface area contributed by atoms with Gasteiger partial charge in [-0.2, -0.15) is 0 Å². The Hall–Kier alpha value is -3.58. The van der Waals surface area contributed by atoms with E-state index in [1.165, 1.54) is 0 Å². The molecule has 0 bridgehead atoms. The third-order valence-electron chi connectivity index (χ3n) is 4.95. The molecule has 0 aliphatic carbocycles. The van der Waals surface area contributed by atoms with Gasteiger partial charge in [0.05, 0.1) is 5.52 Å². The Kier molecular flexibility index (Phi) is 6.33. The van der Waals surface area contributed by atoms with Crippen molar-refractivity contribution < 1.29 is 9.47 Å². The Balaban J connectivity index is 1.65. The number of hydrogen-bond donors (Lipinski definition) is 0. The highest BCUT2D eigenvalue weighted by Crippen LogP contribution is 2.34. The quantitative estimate of drug-likeness (QED) is 0.419. The third-order valence-corrected chi connectivity index (χ3v) is 4.95. The van der Waals surface area contributed by atoms with Gasteiger partial charge in [0.15, 0.2) is 17.3 Å². The molecule has 0 aliphatic heterocycles. The molecule has 31 heavy (non-hydrogen) atoms. The molecule has 0 spiro atoms. The lowest BCUT2D eigenvalue weighted by atomic mass is 10.2. The van der Waals surface area contributed by atoms with E-state index in [-0.39, 0.29) is 0 Å². The Morgan fingerprint density at radius 3 is 2.58 bits per heavy atom. The van der Waals surface area contributed by atoms with Crippen molar-refractivity contribution in [1.82, 2.24) is 24.8 Å². The maximum absolute atomic E-state index is 6.30. The van der Waals surface area contributed by atoms with E-state index in [0.29, 0.717) is 29.6 Å². The van der Waals surface area contributed by atoms with Crippen LogP contribution < -0.4 is 9.47 Å². The molecule has 4 rings (SSSR count). The van der Waals surface area contributed by atoms with Crippen molar-refractivity contribution in [1.29, 1.82) is 0 Å². The van der Waals surface area contributed by atoms with Crippen LogP contribution in [-0.4, -0.2) is 51.6 Å². The van der Waals surface area contributed by atoms with Crippen LogP contribution in [0.1, 0.15) is 12.6 Å². The molecule has 7 heteroatoms. The molecule has 0 saturated carbocycles.